The van der Waals surface area contributed by atoms with Gasteiger partial charge in [-0.05, 0) is 25.0 Å². The van der Waals surface area contributed by atoms with Gasteiger partial charge in [0.15, 0.2) is 0 Å². The van der Waals surface area contributed by atoms with Crippen molar-refractivity contribution < 1.29 is 4.92 Å². The summed E-state index contributed by atoms with van der Waals surface area (Å²) in [5, 5.41) is 14.3. The third kappa shape index (κ3) is 2.27. The maximum absolute atomic E-state index is 10.9. The van der Waals surface area contributed by atoms with Crippen LogP contribution in [0.1, 0.15) is 25.7 Å². The Morgan fingerprint density at radius 2 is 2.06 bits per heavy atom. The maximum atomic E-state index is 10.9. The predicted molar refractivity (Wildman–Crippen MR) is 64.0 cm³/mol. The fourth-order valence-electron chi connectivity index (χ4n) is 2.11. The fourth-order valence-corrected chi connectivity index (χ4v) is 2.35. The summed E-state index contributed by atoms with van der Waals surface area (Å²) in [5.41, 5.74) is 0.514. The number of nitrogens with zero attached hydrogens (tertiary/aromatic N) is 1. The molecule has 0 spiro atoms. The van der Waals surface area contributed by atoms with Crippen LogP contribution in [0, 0.1) is 10.1 Å². The molecule has 1 N–H and O–H groups in total. The Kier molecular flexibility index (Phi) is 3.29. The number of hydrogen-bond donors (Lipinski definition) is 1. The summed E-state index contributed by atoms with van der Waals surface area (Å²) < 4.78 is 0. The Labute approximate surface area is 98.8 Å². The minimum absolute atomic E-state index is 0.0175. The van der Waals surface area contributed by atoms with Crippen molar-refractivity contribution in [3.63, 3.8) is 0 Å². The number of nitrogens with one attached hydrogen (secondary N) is 1. The molecule has 0 aliphatic heterocycles. The van der Waals surface area contributed by atoms with Crippen LogP contribution < -0.4 is 5.32 Å². The van der Waals surface area contributed by atoms with Crippen molar-refractivity contribution in [3.8, 4) is 0 Å². The van der Waals surface area contributed by atoms with E-state index in [9.17, 15) is 10.1 Å². The van der Waals surface area contributed by atoms with Crippen molar-refractivity contribution in [1.29, 1.82) is 0 Å². The number of nitro groups is 1. The molecule has 0 unspecified atom stereocenters. The van der Waals surface area contributed by atoms with Gasteiger partial charge < -0.3 is 5.32 Å². The van der Waals surface area contributed by atoms with Crippen LogP contribution in [0.15, 0.2) is 18.2 Å². The lowest BCUT2D eigenvalue weighted by atomic mass is 10.2. The highest BCUT2D eigenvalue weighted by atomic mass is 35.5. The molecule has 1 fully saturated rings. The van der Waals surface area contributed by atoms with E-state index in [1.54, 1.807) is 18.2 Å². The molecule has 4 nitrogen and oxygen atoms in total. The Bertz CT molecular complexity index is 403. The summed E-state index contributed by atoms with van der Waals surface area (Å²) >= 11 is 5.83. The van der Waals surface area contributed by atoms with Gasteiger partial charge in [0.1, 0.15) is 10.7 Å². The molecule has 16 heavy (non-hydrogen) atoms. The number of nitro benzene ring substituents is 1. The number of anilines is 1. The van der Waals surface area contributed by atoms with Gasteiger partial charge in [-0.1, -0.05) is 30.5 Å². The van der Waals surface area contributed by atoms with Crippen LogP contribution in [0.4, 0.5) is 11.4 Å². The third-order valence-corrected chi connectivity index (χ3v) is 3.19. The van der Waals surface area contributed by atoms with Crippen LogP contribution >= 0.6 is 11.6 Å². The molecule has 86 valence electrons. The van der Waals surface area contributed by atoms with Crippen molar-refractivity contribution in [2.24, 2.45) is 0 Å². The molecule has 0 atom stereocenters. The summed E-state index contributed by atoms with van der Waals surface area (Å²) in [6.45, 7) is 0. The average molecular weight is 241 g/mol. The molecule has 5 heteroatoms. The van der Waals surface area contributed by atoms with E-state index in [4.69, 9.17) is 11.6 Å². The van der Waals surface area contributed by atoms with Crippen LogP contribution in [0.2, 0.25) is 5.02 Å². The smallest absolute Gasteiger partial charge is 0.310 e. The van der Waals surface area contributed by atoms with Crippen molar-refractivity contribution in [2.75, 3.05) is 5.32 Å². The van der Waals surface area contributed by atoms with Gasteiger partial charge in [0.25, 0.3) is 0 Å². The van der Waals surface area contributed by atoms with Crippen molar-refractivity contribution in [2.45, 2.75) is 31.7 Å². The Hall–Kier alpha value is -1.29. The summed E-state index contributed by atoms with van der Waals surface area (Å²) in [7, 11) is 0. The van der Waals surface area contributed by atoms with Gasteiger partial charge in [-0.25, -0.2) is 0 Å². The number of hydrogen-bond acceptors (Lipinski definition) is 3. The van der Waals surface area contributed by atoms with Crippen molar-refractivity contribution >= 4 is 23.0 Å². The lowest BCUT2D eigenvalue weighted by molar-refractivity contribution is -0.383. The second-order valence-electron chi connectivity index (χ2n) is 4.02. The molecule has 1 aromatic rings. The van der Waals surface area contributed by atoms with E-state index in [2.05, 4.69) is 5.32 Å². The highest BCUT2D eigenvalue weighted by Gasteiger charge is 2.22. The number of rotatable bonds is 3. The number of halogens is 1. The van der Waals surface area contributed by atoms with Crippen LogP contribution in [-0.2, 0) is 0 Å². The van der Waals surface area contributed by atoms with Gasteiger partial charge in [0.05, 0.1) is 4.92 Å². The normalized spacial score (nSPS) is 16.3. The monoisotopic (exact) mass is 240 g/mol. The SMILES string of the molecule is O=[N+]([O-])c1c(Cl)cccc1NC1CCCC1. The molecule has 0 aromatic heterocycles. The Morgan fingerprint density at radius 1 is 1.38 bits per heavy atom. The highest BCUT2D eigenvalue weighted by molar-refractivity contribution is 6.33. The van der Waals surface area contributed by atoms with E-state index in [1.807, 2.05) is 0 Å². The molecule has 1 aliphatic rings. The predicted octanol–water partition coefficient (Wildman–Crippen LogP) is 3.60. The number of para-hydroxylation sites is 1. The van der Waals surface area contributed by atoms with E-state index in [0.717, 1.165) is 12.8 Å². The Balaban J connectivity index is 2.25. The van der Waals surface area contributed by atoms with Crippen LogP contribution in [0.3, 0.4) is 0 Å². The van der Waals surface area contributed by atoms with E-state index >= 15 is 0 Å². The average Bonchev–Trinajstić information content (AvgIpc) is 2.70. The molecule has 1 saturated carbocycles. The second-order valence-corrected chi connectivity index (χ2v) is 4.43. The van der Waals surface area contributed by atoms with Gasteiger partial charge in [0, 0.05) is 6.04 Å². The van der Waals surface area contributed by atoms with Gasteiger partial charge >= 0.3 is 5.69 Å². The second kappa shape index (κ2) is 4.70. The minimum atomic E-state index is -0.431. The molecule has 0 bridgehead atoms. The maximum Gasteiger partial charge on any atom is 0.310 e. The van der Waals surface area contributed by atoms with Gasteiger partial charge in [-0.3, -0.25) is 10.1 Å². The molecule has 0 radical (unpaired) electrons. The molecule has 0 heterocycles. The van der Waals surface area contributed by atoms with Crippen molar-refractivity contribution in [3.05, 3.63) is 33.3 Å². The van der Waals surface area contributed by atoms with Crippen LogP contribution in [0.5, 0.6) is 0 Å². The van der Waals surface area contributed by atoms with Gasteiger partial charge in [-0.2, -0.15) is 0 Å². The molecule has 1 aromatic carbocycles. The largest absolute Gasteiger partial charge is 0.377 e. The molecule has 0 saturated heterocycles. The van der Waals surface area contributed by atoms with Crippen LogP contribution in [0.25, 0.3) is 0 Å². The number of benzene rings is 1. The van der Waals surface area contributed by atoms with E-state index in [0.29, 0.717) is 11.7 Å². The van der Waals surface area contributed by atoms with E-state index < -0.39 is 4.92 Å². The lowest BCUT2D eigenvalue weighted by Gasteiger charge is -2.13. The first-order valence-electron chi connectivity index (χ1n) is 5.38. The topological polar surface area (TPSA) is 55.2 Å². The van der Waals surface area contributed by atoms with Crippen LogP contribution in [-0.4, -0.2) is 11.0 Å². The summed E-state index contributed by atoms with van der Waals surface area (Å²) in [6.07, 6.45) is 4.52. The van der Waals surface area contributed by atoms with Crippen molar-refractivity contribution in [1.82, 2.24) is 0 Å². The summed E-state index contributed by atoms with van der Waals surface area (Å²) in [5.74, 6) is 0. The highest BCUT2D eigenvalue weighted by Crippen LogP contribution is 2.34. The minimum Gasteiger partial charge on any atom is -0.377 e. The molecule has 2 rings (SSSR count). The molecular formula is C11H13ClN2O2. The zero-order valence-corrected chi connectivity index (χ0v) is 9.54. The fraction of sp³-hybridized carbons (Fsp3) is 0.455. The summed E-state index contributed by atoms with van der Waals surface area (Å²) in [6, 6.07) is 5.33. The molecular weight excluding hydrogens is 228 g/mol. The lowest BCUT2D eigenvalue weighted by Crippen LogP contribution is -2.15. The van der Waals surface area contributed by atoms with E-state index in [-0.39, 0.29) is 10.7 Å². The first-order valence-corrected chi connectivity index (χ1v) is 5.75. The first-order chi connectivity index (χ1) is 7.68. The Morgan fingerprint density at radius 3 is 2.69 bits per heavy atom. The third-order valence-electron chi connectivity index (χ3n) is 2.88. The first kappa shape index (κ1) is 11.2. The molecule has 1 aliphatic carbocycles. The summed E-state index contributed by atoms with van der Waals surface area (Å²) in [4.78, 5) is 10.5. The van der Waals surface area contributed by atoms with E-state index in [1.165, 1.54) is 12.8 Å². The molecule has 0 amide bonds. The standard InChI is InChI=1S/C11H13ClN2O2/c12-9-6-3-7-10(11(9)14(15)16)13-8-4-1-2-5-8/h3,6-8,13H,1-2,4-5H2. The quantitative estimate of drug-likeness (QED) is 0.649. The van der Waals surface area contributed by atoms with Gasteiger partial charge in [0.2, 0.25) is 0 Å². The van der Waals surface area contributed by atoms with Gasteiger partial charge in [-0.15, -0.1) is 0 Å². The zero-order chi connectivity index (χ0) is 11.5. The zero-order valence-electron chi connectivity index (χ0n) is 8.78.